The van der Waals surface area contributed by atoms with E-state index in [1.807, 2.05) is 0 Å². The first-order valence-electron chi connectivity index (χ1n) is 27.4. The SMILES string of the molecule is CCCCCCCCCCCCCCCCCCCCCCC(O)C(CO)NC(=O)CCCCCC/C=C\CCCCOC(=O)CCCCCCCCCCCCCCCC. The van der Waals surface area contributed by atoms with Crippen molar-refractivity contribution in [1.29, 1.82) is 0 Å². The molecule has 0 aliphatic rings. The van der Waals surface area contributed by atoms with Crippen LogP contribution in [0.1, 0.15) is 303 Å². The Morgan fingerprint density at radius 1 is 0.443 bits per heavy atom. The molecule has 0 fully saturated rings. The van der Waals surface area contributed by atoms with Crippen LogP contribution in [-0.2, 0) is 14.3 Å². The summed E-state index contributed by atoms with van der Waals surface area (Å²) in [5, 5.41) is 23.3. The number of hydrogen-bond acceptors (Lipinski definition) is 5. The van der Waals surface area contributed by atoms with E-state index in [9.17, 15) is 19.8 Å². The number of amides is 1. The van der Waals surface area contributed by atoms with Crippen LogP contribution in [0.15, 0.2) is 12.2 Å². The van der Waals surface area contributed by atoms with E-state index in [2.05, 4.69) is 31.3 Å². The maximum absolute atomic E-state index is 12.5. The molecule has 2 atom stereocenters. The van der Waals surface area contributed by atoms with Crippen molar-refractivity contribution in [2.45, 2.75) is 315 Å². The van der Waals surface area contributed by atoms with Crippen molar-refractivity contribution < 1.29 is 24.5 Å². The minimum absolute atomic E-state index is 0.0333. The third-order valence-corrected chi connectivity index (χ3v) is 12.8. The fourth-order valence-corrected chi connectivity index (χ4v) is 8.58. The first-order chi connectivity index (χ1) is 30.0. The number of carbonyl (C=O) groups is 2. The zero-order chi connectivity index (χ0) is 44.4. The van der Waals surface area contributed by atoms with E-state index in [1.165, 1.54) is 193 Å². The van der Waals surface area contributed by atoms with Crippen LogP contribution in [0.5, 0.6) is 0 Å². The second-order valence-electron chi connectivity index (χ2n) is 18.9. The second kappa shape index (κ2) is 51.2. The van der Waals surface area contributed by atoms with Crippen LogP contribution in [0.3, 0.4) is 0 Å². The van der Waals surface area contributed by atoms with Gasteiger partial charge in [0, 0.05) is 12.8 Å². The van der Waals surface area contributed by atoms with Crippen LogP contribution in [-0.4, -0.2) is 47.4 Å². The van der Waals surface area contributed by atoms with Crippen LogP contribution in [0, 0.1) is 0 Å². The normalized spacial score (nSPS) is 12.7. The molecule has 0 saturated heterocycles. The van der Waals surface area contributed by atoms with E-state index in [1.54, 1.807) is 0 Å². The number of carbonyl (C=O) groups excluding carboxylic acids is 2. The lowest BCUT2D eigenvalue weighted by Gasteiger charge is -2.22. The quantitative estimate of drug-likeness (QED) is 0.0322. The third-order valence-electron chi connectivity index (χ3n) is 12.8. The summed E-state index contributed by atoms with van der Waals surface area (Å²) in [7, 11) is 0. The number of aliphatic hydroxyl groups is 2. The number of unbranched alkanes of at least 4 members (excludes halogenated alkanes) is 38. The number of nitrogens with one attached hydrogen (secondary N) is 1. The van der Waals surface area contributed by atoms with Crippen LogP contribution in [0.25, 0.3) is 0 Å². The van der Waals surface area contributed by atoms with Crippen LogP contribution in [0.4, 0.5) is 0 Å². The predicted molar refractivity (Wildman–Crippen MR) is 264 cm³/mol. The largest absolute Gasteiger partial charge is 0.466 e. The van der Waals surface area contributed by atoms with Crippen molar-refractivity contribution in [3.63, 3.8) is 0 Å². The van der Waals surface area contributed by atoms with E-state index in [4.69, 9.17) is 4.74 Å². The molecule has 0 bridgehead atoms. The highest BCUT2D eigenvalue weighted by atomic mass is 16.5. The number of hydrogen-bond donors (Lipinski definition) is 3. The van der Waals surface area contributed by atoms with Gasteiger partial charge in [0.1, 0.15) is 0 Å². The lowest BCUT2D eigenvalue weighted by atomic mass is 10.0. The summed E-state index contributed by atoms with van der Waals surface area (Å²) in [4.78, 5) is 24.5. The molecule has 0 spiro atoms. The molecule has 362 valence electrons. The van der Waals surface area contributed by atoms with Gasteiger partial charge in [0.05, 0.1) is 25.4 Å². The van der Waals surface area contributed by atoms with Gasteiger partial charge < -0.3 is 20.3 Å². The van der Waals surface area contributed by atoms with E-state index in [0.717, 1.165) is 77.0 Å². The van der Waals surface area contributed by atoms with Gasteiger partial charge in [-0.25, -0.2) is 0 Å². The number of aliphatic hydroxyl groups excluding tert-OH is 2. The number of esters is 1. The van der Waals surface area contributed by atoms with E-state index in [-0.39, 0.29) is 18.5 Å². The summed E-state index contributed by atoms with van der Waals surface area (Å²) in [5.74, 6) is -0.101. The number of ether oxygens (including phenoxy) is 1. The van der Waals surface area contributed by atoms with Gasteiger partial charge in [0.25, 0.3) is 0 Å². The van der Waals surface area contributed by atoms with Gasteiger partial charge in [-0.2, -0.15) is 0 Å². The smallest absolute Gasteiger partial charge is 0.305 e. The molecule has 0 aromatic rings. The first kappa shape index (κ1) is 59.6. The summed E-state index contributed by atoms with van der Waals surface area (Å²) < 4.78 is 5.44. The monoisotopic (exact) mass is 862 g/mol. The Bertz CT molecular complexity index is 909. The Balaban J connectivity index is 3.50. The standard InChI is InChI=1S/C55H107NO5/c1-3-5-7-9-11-13-15-17-19-20-21-22-23-24-25-27-31-35-39-43-47-53(58)52(51-57)56-54(59)48-44-40-36-32-29-30-34-38-42-46-50-61-55(60)49-45-41-37-33-28-26-18-16-14-12-10-8-6-4-2/h30,34,52-53,57-58H,3-29,31-33,35-51H2,1-2H3,(H,56,59)/b34-30-. The van der Waals surface area contributed by atoms with Crippen molar-refractivity contribution in [1.82, 2.24) is 5.32 Å². The predicted octanol–water partition coefficient (Wildman–Crippen LogP) is 16.5. The lowest BCUT2D eigenvalue weighted by molar-refractivity contribution is -0.143. The Labute approximate surface area is 380 Å². The minimum atomic E-state index is -0.685. The van der Waals surface area contributed by atoms with E-state index >= 15 is 0 Å². The zero-order valence-electron chi connectivity index (χ0n) is 41.2. The van der Waals surface area contributed by atoms with Gasteiger partial charge in [-0.05, 0) is 51.4 Å². The Hall–Kier alpha value is -1.40. The van der Waals surface area contributed by atoms with Gasteiger partial charge in [0.15, 0.2) is 0 Å². The van der Waals surface area contributed by atoms with Crippen LogP contribution < -0.4 is 5.32 Å². The molecule has 0 aliphatic heterocycles. The van der Waals surface area contributed by atoms with Crippen molar-refractivity contribution in [2.75, 3.05) is 13.2 Å². The zero-order valence-corrected chi connectivity index (χ0v) is 41.2. The van der Waals surface area contributed by atoms with E-state index < -0.39 is 12.1 Å². The molecule has 0 aromatic carbocycles. The molecule has 0 radical (unpaired) electrons. The van der Waals surface area contributed by atoms with Crippen molar-refractivity contribution in [2.24, 2.45) is 0 Å². The fraction of sp³-hybridized carbons (Fsp3) is 0.927. The van der Waals surface area contributed by atoms with Crippen LogP contribution in [0.2, 0.25) is 0 Å². The maximum atomic E-state index is 12.5. The van der Waals surface area contributed by atoms with Gasteiger partial charge in [0.2, 0.25) is 5.91 Å². The van der Waals surface area contributed by atoms with Crippen molar-refractivity contribution in [3.8, 4) is 0 Å². The van der Waals surface area contributed by atoms with Crippen molar-refractivity contribution in [3.05, 3.63) is 12.2 Å². The second-order valence-corrected chi connectivity index (χ2v) is 18.9. The molecule has 1 amide bonds. The third kappa shape index (κ3) is 47.9. The summed E-state index contributed by atoms with van der Waals surface area (Å²) in [6.07, 6.45) is 59.1. The highest BCUT2D eigenvalue weighted by Crippen LogP contribution is 2.17. The average molecular weight is 862 g/mol. The maximum Gasteiger partial charge on any atom is 0.305 e. The summed E-state index contributed by atoms with van der Waals surface area (Å²) in [6.45, 7) is 4.88. The molecule has 0 heterocycles. The molecule has 0 rings (SSSR count). The number of allylic oxidation sites excluding steroid dienone is 2. The van der Waals surface area contributed by atoms with Crippen LogP contribution >= 0.6 is 0 Å². The Kier molecular flexibility index (Phi) is 50.1. The Morgan fingerprint density at radius 2 is 0.770 bits per heavy atom. The molecule has 0 aromatic heterocycles. The summed E-state index contributed by atoms with van der Waals surface area (Å²) in [6, 6.07) is -0.566. The van der Waals surface area contributed by atoms with Gasteiger partial charge in [-0.15, -0.1) is 0 Å². The molecule has 6 nitrogen and oxygen atoms in total. The molecule has 3 N–H and O–H groups in total. The highest BCUT2D eigenvalue weighted by Gasteiger charge is 2.20. The Morgan fingerprint density at radius 3 is 1.16 bits per heavy atom. The van der Waals surface area contributed by atoms with Crippen molar-refractivity contribution >= 4 is 11.9 Å². The molecule has 0 saturated carbocycles. The molecule has 2 unspecified atom stereocenters. The van der Waals surface area contributed by atoms with Gasteiger partial charge >= 0.3 is 5.97 Å². The van der Waals surface area contributed by atoms with Gasteiger partial charge in [-0.3, -0.25) is 9.59 Å². The molecule has 0 aliphatic carbocycles. The fourth-order valence-electron chi connectivity index (χ4n) is 8.58. The molecule has 61 heavy (non-hydrogen) atoms. The van der Waals surface area contributed by atoms with Gasteiger partial charge in [-0.1, -0.05) is 251 Å². The first-order valence-corrected chi connectivity index (χ1v) is 27.4. The average Bonchev–Trinajstić information content (AvgIpc) is 3.26. The summed E-state index contributed by atoms with van der Waals surface area (Å²) >= 11 is 0. The van der Waals surface area contributed by atoms with E-state index in [0.29, 0.717) is 25.9 Å². The summed E-state index contributed by atoms with van der Waals surface area (Å²) in [5.41, 5.74) is 0. The lowest BCUT2D eigenvalue weighted by Crippen LogP contribution is -2.45. The molecular formula is C55H107NO5. The topological polar surface area (TPSA) is 95.9 Å². The minimum Gasteiger partial charge on any atom is -0.466 e. The molecular weight excluding hydrogens is 755 g/mol. The molecule has 6 heteroatoms. The highest BCUT2D eigenvalue weighted by molar-refractivity contribution is 5.76. The number of rotatable bonds is 51.